The summed E-state index contributed by atoms with van der Waals surface area (Å²) in [6, 6.07) is 9.06. The molecule has 5 rings (SSSR count). The first kappa shape index (κ1) is 27.3. The van der Waals surface area contributed by atoms with E-state index in [9.17, 15) is 9.90 Å². The summed E-state index contributed by atoms with van der Waals surface area (Å²) >= 11 is 0. The fraction of sp³-hybridized carbons (Fsp3) is 0.429. The van der Waals surface area contributed by atoms with Gasteiger partial charge in [-0.2, -0.15) is 0 Å². The van der Waals surface area contributed by atoms with Crippen molar-refractivity contribution in [1.29, 1.82) is 0 Å². The number of rotatable bonds is 15. The van der Waals surface area contributed by atoms with E-state index in [0.717, 1.165) is 56.7 Å². The van der Waals surface area contributed by atoms with Crippen molar-refractivity contribution in [2.45, 2.75) is 44.6 Å². The molecule has 0 unspecified atom stereocenters. The standard InChI is InChI=1S/C28H35N9O3/c38-28(39)22(36-27-24-26(32-18-31-24)33-19-34-27)11-15-37(16-17-40-23-8-1-3-12-29-23)14-4-2-7-21-10-9-20-6-5-13-30-25(20)35-21/h1,3,8-10,12,18-19,22H,2,4-7,11,13-17H2,(H,30,35)(H,38,39)(H2,31,32,33,34,36)/t22-/m0/s1. The molecule has 4 aromatic rings. The second kappa shape index (κ2) is 13.7. The molecule has 1 aliphatic heterocycles. The summed E-state index contributed by atoms with van der Waals surface area (Å²) in [5.41, 5.74) is 3.47. The predicted molar refractivity (Wildman–Crippen MR) is 152 cm³/mol. The fourth-order valence-corrected chi connectivity index (χ4v) is 4.80. The minimum Gasteiger partial charge on any atom is -0.480 e. The van der Waals surface area contributed by atoms with Crippen LogP contribution in [-0.2, 0) is 17.6 Å². The number of hydrogen-bond acceptors (Lipinski definition) is 10. The molecule has 12 heteroatoms. The Labute approximate surface area is 232 Å². The summed E-state index contributed by atoms with van der Waals surface area (Å²) in [6.07, 6.45) is 10.1. The Kier molecular flexibility index (Phi) is 9.30. The molecule has 0 spiro atoms. The van der Waals surface area contributed by atoms with Gasteiger partial charge in [0.15, 0.2) is 11.5 Å². The van der Waals surface area contributed by atoms with Gasteiger partial charge in [-0.15, -0.1) is 0 Å². The predicted octanol–water partition coefficient (Wildman–Crippen LogP) is 3.16. The maximum absolute atomic E-state index is 12.1. The van der Waals surface area contributed by atoms with Gasteiger partial charge in [0.2, 0.25) is 5.88 Å². The van der Waals surface area contributed by atoms with Crippen molar-refractivity contribution < 1.29 is 14.6 Å². The molecule has 0 saturated carbocycles. The Morgan fingerprint density at radius 3 is 2.92 bits per heavy atom. The first-order valence-corrected chi connectivity index (χ1v) is 13.8. The number of imidazole rings is 1. The molecule has 210 valence electrons. The van der Waals surface area contributed by atoms with Crippen LogP contribution in [0.4, 0.5) is 11.6 Å². The quantitative estimate of drug-likeness (QED) is 0.163. The van der Waals surface area contributed by atoms with Crippen molar-refractivity contribution in [3.8, 4) is 5.88 Å². The van der Waals surface area contributed by atoms with Gasteiger partial charge in [-0.25, -0.2) is 29.7 Å². The molecule has 4 N–H and O–H groups in total. The summed E-state index contributed by atoms with van der Waals surface area (Å²) < 4.78 is 5.82. The van der Waals surface area contributed by atoms with Gasteiger partial charge >= 0.3 is 5.97 Å². The number of aryl methyl sites for hydroxylation is 2. The van der Waals surface area contributed by atoms with Gasteiger partial charge in [0, 0.05) is 37.6 Å². The van der Waals surface area contributed by atoms with Crippen molar-refractivity contribution in [2.24, 2.45) is 0 Å². The monoisotopic (exact) mass is 545 g/mol. The molecule has 0 radical (unpaired) electrons. The van der Waals surface area contributed by atoms with Crippen molar-refractivity contribution in [2.75, 3.05) is 43.4 Å². The van der Waals surface area contributed by atoms with Crippen molar-refractivity contribution in [3.63, 3.8) is 0 Å². The number of ether oxygens (including phenoxy) is 1. The molecule has 0 saturated heterocycles. The third kappa shape index (κ3) is 7.41. The average Bonchev–Trinajstić information content (AvgIpc) is 3.47. The van der Waals surface area contributed by atoms with Crippen LogP contribution in [-0.4, -0.2) is 84.7 Å². The third-order valence-corrected chi connectivity index (χ3v) is 6.96. The topological polar surface area (TPSA) is 154 Å². The number of carbonyl (C=O) groups is 1. The molecule has 0 aliphatic carbocycles. The minimum atomic E-state index is -0.945. The molecule has 0 fully saturated rings. The highest BCUT2D eigenvalue weighted by molar-refractivity contribution is 5.85. The van der Waals surface area contributed by atoms with Gasteiger partial charge in [0.25, 0.3) is 0 Å². The zero-order valence-corrected chi connectivity index (χ0v) is 22.4. The van der Waals surface area contributed by atoms with Gasteiger partial charge in [0.05, 0.1) is 6.33 Å². The molecule has 0 bridgehead atoms. The molecule has 1 atom stereocenters. The highest BCUT2D eigenvalue weighted by Crippen LogP contribution is 2.20. The molecule has 0 aromatic carbocycles. The van der Waals surface area contributed by atoms with Gasteiger partial charge in [-0.3, -0.25) is 4.90 Å². The van der Waals surface area contributed by atoms with Crippen molar-refractivity contribution >= 4 is 28.8 Å². The number of anilines is 2. The maximum atomic E-state index is 12.1. The highest BCUT2D eigenvalue weighted by Gasteiger charge is 2.21. The smallest absolute Gasteiger partial charge is 0.326 e. The van der Waals surface area contributed by atoms with Crippen LogP contribution in [0.15, 0.2) is 49.2 Å². The highest BCUT2D eigenvalue weighted by atomic mass is 16.5. The van der Waals surface area contributed by atoms with E-state index in [1.165, 1.54) is 18.2 Å². The number of nitrogens with one attached hydrogen (secondary N) is 3. The van der Waals surface area contributed by atoms with Crippen LogP contribution < -0.4 is 15.4 Å². The van der Waals surface area contributed by atoms with Crippen molar-refractivity contribution in [1.82, 2.24) is 34.8 Å². The first-order valence-electron chi connectivity index (χ1n) is 13.8. The number of fused-ring (bicyclic) bond motifs is 2. The largest absolute Gasteiger partial charge is 0.480 e. The van der Waals surface area contributed by atoms with Crippen LogP contribution in [0.25, 0.3) is 11.2 Å². The molecular weight excluding hydrogens is 510 g/mol. The molecule has 4 aromatic heterocycles. The lowest BCUT2D eigenvalue weighted by atomic mass is 10.1. The summed E-state index contributed by atoms with van der Waals surface area (Å²) in [7, 11) is 0. The number of unbranched alkanes of at least 4 members (excludes halogenated alkanes) is 1. The summed E-state index contributed by atoms with van der Waals surface area (Å²) in [5.74, 6) is 1.06. The average molecular weight is 546 g/mol. The lowest BCUT2D eigenvalue weighted by Gasteiger charge is -2.24. The number of carboxylic acids is 1. The van der Waals surface area contributed by atoms with Crippen LogP contribution in [0, 0.1) is 0 Å². The molecule has 5 heterocycles. The van der Waals surface area contributed by atoms with E-state index in [1.807, 2.05) is 18.2 Å². The van der Waals surface area contributed by atoms with E-state index in [1.54, 1.807) is 6.20 Å². The van der Waals surface area contributed by atoms with Crippen LogP contribution in [0.3, 0.4) is 0 Å². The minimum absolute atomic E-state index is 0.382. The number of aromatic amines is 1. The number of H-pyrrole nitrogens is 1. The second-order valence-electron chi connectivity index (χ2n) is 9.80. The first-order chi connectivity index (χ1) is 19.7. The van der Waals surface area contributed by atoms with Gasteiger partial charge in [0.1, 0.15) is 30.3 Å². The normalized spacial score (nSPS) is 13.5. The SMILES string of the molecule is O=C(O)[C@H](CCN(CCCCc1ccc2c(n1)NCCC2)CCOc1ccccn1)Nc1ncnc2[nH]cnc12. The Morgan fingerprint density at radius 2 is 2.05 bits per heavy atom. The maximum Gasteiger partial charge on any atom is 0.326 e. The molecular formula is C28H35N9O3. The summed E-state index contributed by atoms with van der Waals surface area (Å²) in [5, 5.41) is 16.4. The summed E-state index contributed by atoms with van der Waals surface area (Å²) in [4.78, 5) is 38.8. The summed E-state index contributed by atoms with van der Waals surface area (Å²) in [6.45, 7) is 3.49. The number of carboxylic acid groups (broad SMARTS) is 1. The Bertz CT molecular complexity index is 1380. The van der Waals surface area contributed by atoms with Crippen LogP contribution in [0.1, 0.15) is 36.9 Å². The van der Waals surface area contributed by atoms with Gasteiger partial charge in [-0.05, 0) is 62.8 Å². The molecule has 0 amide bonds. The Balaban J connectivity index is 1.16. The number of pyridine rings is 2. The number of hydrogen-bond donors (Lipinski definition) is 4. The lowest BCUT2D eigenvalue weighted by molar-refractivity contribution is -0.138. The number of aromatic nitrogens is 6. The second-order valence-corrected chi connectivity index (χ2v) is 9.80. The fourth-order valence-electron chi connectivity index (χ4n) is 4.80. The zero-order valence-electron chi connectivity index (χ0n) is 22.4. The van der Waals surface area contributed by atoms with E-state index in [0.29, 0.717) is 49.0 Å². The zero-order chi connectivity index (χ0) is 27.6. The van der Waals surface area contributed by atoms with Crippen LogP contribution >= 0.6 is 0 Å². The van der Waals surface area contributed by atoms with E-state index in [2.05, 4.69) is 52.6 Å². The Hall–Kier alpha value is -4.32. The van der Waals surface area contributed by atoms with Crippen LogP contribution in [0.5, 0.6) is 5.88 Å². The van der Waals surface area contributed by atoms with E-state index in [4.69, 9.17) is 9.72 Å². The molecule has 12 nitrogen and oxygen atoms in total. The van der Waals surface area contributed by atoms with E-state index >= 15 is 0 Å². The van der Waals surface area contributed by atoms with Gasteiger partial charge < -0.3 is 25.5 Å². The number of aliphatic carboxylic acids is 1. The number of nitrogens with zero attached hydrogens (tertiary/aromatic N) is 6. The van der Waals surface area contributed by atoms with E-state index < -0.39 is 12.0 Å². The van der Waals surface area contributed by atoms with E-state index in [-0.39, 0.29) is 0 Å². The molecule has 40 heavy (non-hydrogen) atoms. The Morgan fingerprint density at radius 1 is 1.10 bits per heavy atom. The van der Waals surface area contributed by atoms with Gasteiger partial charge in [-0.1, -0.05) is 12.1 Å². The van der Waals surface area contributed by atoms with Crippen LogP contribution in [0.2, 0.25) is 0 Å². The third-order valence-electron chi connectivity index (χ3n) is 6.96. The lowest BCUT2D eigenvalue weighted by Crippen LogP contribution is -2.37. The molecule has 1 aliphatic rings. The van der Waals surface area contributed by atoms with Crippen molar-refractivity contribution in [3.05, 3.63) is 60.4 Å².